The fourth-order valence-corrected chi connectivity index (χ4v) is 21.1. The van der Waals surface area contributed by atoms with Crippen LogP contribution in [0.25, 0.3) is 38.8 Å². The highest BCUT2D eigenvalue weighted by molar-refractivity contribution is 5.86. The van der Waals surface area contributed by atoms with Crippen LogP contribution in [-0.4, -0.2) is 202 Å². The molecule has 8 aliphatic carbocycles. The van der Waals surface area contributed by atoms with E-state index in [1.165, 1.54) is 38.6 Å². The molecule has 0 bridgehead atoms. The van der Waals surface area contributed by atoms with Crippen molar-refractivity contribution >= 4 is 44.8 Å². The Morgan fingerprint density at radius 2 is 0.772 bits per heavy atom. The maximum Gasteiger partial charge on any atom is 0.302 e. The van der Waals surface area contributed by atoms with E-state index in [1.54, 1.807) is 28.4 Å². The highest BCUT2D eigenvalue weighted by atomic mass is 16.5. The number of allylic oxidation sites excluding steroid dienone is 3. The molecule has 11 aromatic rings. The van der Waals surface area contributed by atoms with E-state index in [4.69, 9.17) is 42.6 Å². The molecule has 33 nitrogen and oxygen atoms in total. The number of carbonyl (C=O) groups excluding carboxylic acids is 1. The van der Waals surface area contributed by atoms with Crippen LogP contribution in [0.3, 0.4) is 0 Å². The molecule has 19 rings (SSSR count). The summed E-state index contributed by atoms with van der Waals surface area (Å²) in [4.78, 5) is 85.1. The van der Waals surface area contributed by atoms with E-state index >= 15 is 0 Å². The second-order valence-electron chi connectivity index (χ2n) is 36.2. The second-order valence-corrected chi connectivity index (χ2v) is 36.2. The van der Waals surface area contributed by atoms with Crippen LogP contribution in [0.15, 0.2) is 186 Å². The maximum atomic E-state index is 11.9. The van der Waals surface area contributed by atoms with E-state index < -0.39 is 36.6 Å². The number of ether oxygens (including phenoxy) is 9. The molecule has 5 fully saturated rings. The normalized spacial score (nSPS) is 26.0. The number of aliphatic hydroxyl groups excluding tert-OH is 8. The molecule has 20 atom stereocenters. The van der Waals surface area contributed by atoms with Crippen LogP contribution in [-0.2, 0) is 87.6 Å². The summed E-state index contributed by atoms with van der Waals surface area (Å²) in [7, 11) is 6.52. The Kier molecular flexibility index (Phi) is 33.0. The number of aliphatic hydroxyl groups is 8. The summed E-state index contributed by atoms with van der Waals surface area (Å²) >= 11 is 0. The van der Waals surface area contributed by atoms with Gasteiger partial charge in [0.15, 0.2) is 0 Å². The van der Waals surface area contributed by atoms with Crippen LogP contribution in [0.5, 0.6) is 23.3 Å². The monoisotopic (exact) mass is 1860 g/mol. The number of esters is 1. The first kappa shape index (κ1) is 98.7. The van der Waals surface area contributed by atoms with Gasteiger partial charge in [0.05, 0.1) is 151 Å². The molecule has 11 N–H and O–H groups in total. The minimum Gasteiger partial charge on any atom is -0.497 e. The zero-order valence-electron chi connectivity index (χ0n) is 78.1. The van der Waals surface area contributed by atoms with Crippen molar-refractivity contribution < 1.29 is 88.3 Å². The minimum absolute atomic E-state index is 0.0364. The Bertz CT molecular complexity index is 5840. The lowest BCUT2D eigenvalue weighted by molar-refractivity contribution is -0.149. The average Bonchev–Trinajstić information content (AvgIpc) is 1.60. The SMILES string of the molecule is CC[C@H]1C[C@@H](C2=CCc3c2nc[nH]c3=O)[C@H](OC(C)=O)[C@H]1C.CC[C@H]1C[C@@H](c2cn(COCc3ccccc3)c3c(OC)ncnc23)[C@H](OCc2ccc(OC)cc2)[C@@H]1O.CC[C@H]1C[C@@H](c2cn(COCc3ccccc3)c3c(OC)ncnc23)[C@H](OCc2ccc(OC)cc2)[C@H]1O.O=c1[nH]cnc2c1CC=C2[C@@H]1C[C@H](CO)[C@H](O)[C@H]1O.O=c1[nH]cnc2c1CC=C2[C@@H]1C[C@H](CO)[C@H](O)[C@H]1O. The van der Waals surface area contributed by atoms with Crippen molar-refractivity contribution in [1.82, 2.24) is 59.0 Å². The van der Waals surface area contributed by atoms with Crippen molar-refractivity contribution in [2.45, 2.75) is 212 Å². The zero-order valence-corrected chi connectivity index (χ0v) is 78.1. The standard InChI is InChI=1S/2C30H35N3O5.C17H22N2O3.2C13H16N2O4/c2*1-4-22-14-24(29(28(22)34)38-17-21-10-12-23(35-2)13-11-21)25-15-33(19-37-16-20-8-6-5-7-9-20)27-26(25)31-18-32-30(27)36-3;1-4-11-7-14(16(9(11)2)22-10(3)20)12-5-6-13-15(12)18-8-19-17(13)21;2*16-4-6-3-9(12(18)11(6)17)7-1-2-8-10(7)14-5-15-13(8)19/h2*5-13,15,18,22,24,28-29,34H,4,14,16-17,19H2,1-3H3;5,8-9,11,14,16H,4,6-7H2,1-3H3,(H,18,19,21);2*1,5-6,9,11-12,16-18H,2-4H2,(H,14,15,19)/t22-,24-,28+,29-;22-,24-,28-,29-;9-,11-,14-,16+;2*6-,9+,11+,12+/m00011/s1. The number of aromatic nitrogens is 12. The lowest BCUT2D eigenvalue weighted by Crippen LogP contribution is -2.30. The molecule has 7 heterocycles. The summed E-state index contributed by atoms with van der Waals surface area (Å²) in [5, 5.41) is 80.8. The van der Waals surface area contributed by atoms with Gasteiger partial charge in [-0.2, -0.15) is 9.97 Å². The van der Waals surface area contributed by atoms with Gasteiger partial charge in [-0.15, -0.1) is 0 Å². The first-order valence-electron chi connectivity index (χ1n) is 46.8. The Morgan fingerprint density at radius 3 is 1.12 bits per heavy atom. The van der Waals surface area contributed by atoms with Crippen molar-refractivity contribution in [1.29, 1.82) is 0 Å². The molecule has 0 saturated heterocycles. The van der Waals surface area contributed by atoms with Gasteiger partial charge < -0.3 is 108 Å². The number of fused-ring (bicyclic) bond motifs is 5. The van der Waals surface area contributed by atoms with Gasteiger partial charge in [-0.05, 0) is 138 Å². The average molecular weight is 1870 g/mol. The molecule has 0 radical (unpaired) electrons. The Balaban J connectivity index is 0.000000134. The number of hydrogen-bond acceptors (Lipinski definition) is 28. The van der Waals surface area contributed by atoms with E-state index in [-0.39, 0.29) is 107 Å². The third kappa shape index (κ3) is 21.5. The Hall–Kier alpha value is -11.8. The molecular weight excluding hydrogens is 1740 g/mol. The quantitative estimate of drug-likeness (QED) is 0.0194. The van der Waals surface area contributed by atoms with Gasteiger partial charge in [-0.3, -0.25) is 19.2 Å². The van der Waals surface area contributed by atoms with Gasteiger partial charge in [-0.1, -0.05) is 150 Å². The van der Waals surface area contributed by atoms with E-state index in [1.807, 2.05) is 130 Å². The number of aromatic amines is 3. The van der Waals surface area contributed by atoms with Crippen molar-refractivity contribution in [2.75, 3.05) is 41.7 Å². The van der Waals surface area contributed by atoms with Gasteiger partial charge >= 0.3 is 5.97 Å². The molecular formula is C103H124N12O21. The Morgan fingerprint density at radius 1 is 0.412 bits per heavy atom. The number of nitrogens with zero attached hydrogens (tertiary/aromatic N) is 9. The van der Waals surface area contributed by atoms with Crippen LogP contribution >= 0.6 is 0 Å². The Labute approximate surface area is 787 Å². The van der Waals surface area contributed by atoms with Crippen LogP contribution < -0.4 is 35.6 Å². The summed E-state index contributed by atoms with van der Waals surface area (Å²) in [6, 6.07) is 35.8. The highest BCUT2D eigenvalue weighted by Crippen LogP contribution is 2.51. The predicted molar refractivity (Wildman–Crippen MR) is 506 cm³/mol. The number of nitrogens with one attached hydrogen (secondary N) is 3. The van der Waals surface area contributed by atoms with Crippen molar-refractivity contribution in [3.63, 3.8) is 0 Å². The molecule has 136 heavy (non-hydrogen) atoms. The summed E-state index contributed by atoms with van der Waals surface area (Å²) in [6.07, 6.45) is 19.5. The number of carbonyl (C=O) groups is 1. The number of rotatable bonds is 29. The first-order chi connectivity index (χ1) is 66.0. The number of hydrogen-bond donors (Lipinski definition) is 11. The molecule has 7 aromatic heterocycles. The largest absolute Gasteiger partial charge is 0.497 e. The number of benzene rings is 4. The van der Waals surface area contributed by atoms with E-state index in [2.05, 4.69) is 96.0 Å². The summed E-state index contributed by atoms with van der Waals surface area (Å²) in [5.41, 5.74) is 15.7. The molecule has 4 aromatic carbocycles. The van der Waals surface area contributed by atoms with Crippen molar-refractivity contribution in [2.24, 2.45) is 53.3 Å². The fourth-order valence-electron chi connectivity index (χ4n) is 21.1. The van der Waals surface area contributed by atoms with Gasteiger partial charge in [0.25, 0.3) is 16.7 Å². The van der Waals surface area contributed by atoms with Crippen LogP contribution in [0.4, 0.5) is 0 Å². The van der Waals surface area contributed by atoms with Gasteiger partial charge in [0.2, 0.25) is 11.8 Å². The number of H-pyrrole nitrogens is 3. The third-order valence-electron chi connectivity index (χ3n) is 28.5. The summed E-state index contributed by atoms with van der Waals surface area (Å²) in [5.74, 6) is 2.33. The lowest BCUT2D eigenvalue weighted by atomic mass is 9.92. The van der Waals surface area contributed by atoms with Crippen molar-refractivity contribution in [3.05, 3.63) is 270 Å². The molecule has 5 saturated carbocycles. The third-order valence-corrected chi connectivity index (χ3v) is 28.5. The lowest BCUT2D eigenvalue weighted by Gasteiger charge is -2.24. The topological polar surface area (TPSA) is 461 Å². The van der Waals surface area contributed by atoms with Crippen LogP contribution in [0.1, 0.15) is 165 Å². The summed E-state index contributed by atoms with van der Waals surface area (Å²) < 4.78 is 56.3. The number of methoxy groups -OCH3 is 4. The van der Waals surface area contributed by atoms with Crippen LogP contribution in [0.2, 0.25) is 0 Å². The molecule has 722 valence electrons. The van der Waals surface area contributed by atoms with E-state index in [9.17, 15) is 60.0 Å². The van der Waals surface area contributed by atoms with E-state index in [0.29, 0.717) is 118 Å². The van der Waals surface area contributed by atoms with Crippen LogP contribution in [0, 0.1) is 53.3 Å². The summed E-state index contributed by atoms with van der Waals surface area (Å²) in [6.45, 7) is 12.1. The second kappa shape index (κ2) is 45.4. The van der Waals surface area contributed by atoms with E-state index in [0.717, 1.165) is 133 Å². The predicted octanol–water partition coefficient (Wildman–Crippen LogP) is 10.6. The molecule has 8 aliphatic rings. The smallest absolute Gasteiger partial charge is 0.302 e. The molecule has 0 amide bonds. The van der Waals surface area contributed by atoms with Gasteiger partial charge in [0.1, 0.15) is 54.8 Å². The van der Waals surface area contributed by atoms with Gasteiger partial charge in [0, 0.05) is 102 Å². The molecule has 33 heteroatoms. The molecule has 0 unspecified atom stereocenters. The van der Waals surface area contributed by atoms with Crippen molar-refractivity contribution in [3.8, 4) is 23.3 Å². The maximum absolute atomic E-state index is 11.9. The first-order valence-corrected chi connectivity index (χ1v) is 46.8. The minimum atomic E-state index is -0.929. The fraction of sp³-hybridized carbons (Fsp3) is 0.466. The molecule has 0 aliphatic heterocycles. The van der Waals surface area contributed by atoms with Gasteiger partial charge in [-0.25, -0.2) is 24.9 Å². The molecule has 0 spiro atoms. The highest BCUT2D eigenvalue weighted by Gasteiger charge is 2.50. The zero-order chi connectivity index (χ0) is 96.0.